The number of hydrogen-bond acceptors (Lipinski definition) is 6. The molecule has 2 atom stereocenters. The molecule has 1 unspecified atom stereocenters. The number of piperidine rings is 1. The second-order valence-electron chi connectivity index (χ2n) is 8.05. The second kappa shape index (κ2) is 11.3. The van der Waals surface area contributed by atoms with Gasteiger partial charge in [0.15, 0.2) is 12.2 Å². The lowest BCUT2D eigenvalue weighted by Crippen LogP contribution is -2.59. The number of pyridine rings is 1. The molecule has 0 saturated carbocycles. The van der Waals surface area contributed by atoms with Crippen molar-refractivity contribution in [2.24, 2.45) is 5.73 Å². The van der Waals surface area contributed by atoms with Crippen LogP contribution in [-0.2, 0) is 31.9 Å². The summed E-state index contributed by atoms with van der Waals surface area (Å²) in [5, 5.41) is 10.6. The Labute approximate surface area is 202 Å². The molecule has 0 spiro atoms. The summed E-state index contributed by atoms with van der Waals surface area (Å²) >= 11 is 0. The number of amides is 1. The number of carbonyl (C=O) groups is 1. The van der Waals surface area contributed by atoms with Crippen molar-refractivity contribution in [3.8, 4) is 0 Å². The number of likely N-dealkylation sites (tertiary alicyclic amines) is 1. The summed E-state index contributed by atoms with van der Waals surface area (Å²) in [6, 6.07) is 7.70. The van der Waals surface area contributed by atoms with Crippen LogP contribution < -0.4 is 21.3 Å². The van der Waals surface area contributed by atoms with Gasteiger partial charge in [-0.3, -0.25) is 19.7 Å². The first-order valence-corrected chi connectivity index (χ1v) is 12.7. The summed E-state index contributed by atoms with van der Waals surface area (Å²) in [4.78, 5) is 27.1. The van der Waals surface area contributed by atoms with Crippen LogP contribution in [0.15, 0.2) is 47.4 Å². The molecule has 1 aromatic heterocycles. The van der Waals surface area contributed by atoms with Crippen LogP contribution in [0.4, 0.5) is 10.1 Å². The Morgan fingerprint density at radius 2 is 2.03 bits per heavy atom. The van der Waals surface area contributed by atoms with Crippen molar-refractivity contribution in [2.75, 3.05) is 17.9 Å². The number of hydrogen-bond donors (Lipinski definition) is 4. The summed E-state index contributed by atoms with van der Waals surface area (Å²) in [6.45, 7) is 2.32. The number of carbonyl (C=O) groups excluding carboxylic acids is 1. The number of aromatic nitrogens is 1. The van der Waals surface area contributed by atoms with E-state index in [2.05, 4.69) is 10.0 Å². The zero-order chi connectivity index (χ0) is 25.6. The van der Waals surface area contributed by atoms with Gasteiger partial charge < -0.3 is 25.3 Å². The minimum atomic E-state index is -4.09. The van der Waals surface area contributed by atoms with E-state index in [0.29, 0.717) is 26.0 Å². The van der Waals surface area contributed by atoms with Crippen molar-refractivity contribution < 1.29 is 22.3 Å². The molecule has 0 radical (unpaired) electrons. The lowest BCUT2D eigenvalue weighted by molar-refractivity contribution is -0.126. The first-order valence-electron chi connectivity index (χ1n) is 11.1. The standard InChI is InChI=1S/C22H29FN6O5S/c1-2-34-21-18(10-6-12-29(21)22(24)25)26-19(30)13-28-11-5-9-17(20(28)31)27-35(32,33)14-15-7-3-4-8-16(15)23/h3-5,7-9,11,18,21,27H,2,6,10,12-14H2,1H3,(H3,24,25)(H,26,30)/t18-,21?/m0/s1. The topological polar surface area (TPSA) is 160 Å². The molecule has 1 aliphatic heterocycles. The molecule has 1 aromatic carbocycles. The van der Waals surface area contributed by atoms with E-state index in [9.17, 15) is 22.4 Å². The fourth-order valence-electron chi connectivity index (χ4n) is 3.92. The molecule has 1 aliphatic rings. The molecule has 35 heavy (non-hydrogen) atoms. The number of nitrogens with two attached hydrogens (primary N) is 1. The summed E-state index contributed by atoms with van der Waals surface area (Å²) in [7, 11) is -4.09. The van der Waals surface area contributed by atoms with Gasteiger partial charge in [-0.05, 0) is 38.0 Å². The molecular weight excluding hydrogens is 479 g/mol. The van der Waals surface area contributed by atoms with Crippen LogP contribution in [0.1, 0.15) is 25.3 Å². The van der Waals surface area contributed by atoms with Gasteiger partial charge in [-0.15, -0.1) is 0 Å². The van der Waals surface area contributed by atoms with Crippen LogP contribution in [0.2, 0.25) is 0 Å². The van der Waals surface area contributed by atoms with Crippen molar-refractivity contribution in [3.63, 3.8) is 0 Å². The third-order valence-corrected chi connectivity index (χ3v) is 6.68. The van der Waals surface area contributed by atoms with Crippen molar-refractivity contribution in [2.45, 2.75) is 44.3 Å². The quantitative estimate of drug-likeness (QED) is 0.287. The average Bonchev–Trinajstić information content (AvgIpc) is 2.79. The van der Waals surface area contributed by atoms with Gasteiger partial charge >= 0.3 is 0 Å². The highest BCUT2D eigenvalue weighted by atomic mass is 32.2. The highest BCUT2D eigenvalue weighted by Crippen LogP contribution is 2.19. The van der Waals surface area contributed by atoms with E-state index >= 15 is 0 Å². The van der Waals surface area contributed by atoms with Crippen molar-refractivity contribution in [1.29, 1.82) is 5.41 Å². The van der Waals surface area contributed by atoms with E-state index in [1.54, 1.807) is 11.8 Å². The van der Waals surface area contributed by atoms with Crippen LogP contribution in [-0.4, -0.2) is 55.2 Å². The Morgan fingerprint density at radius 3 is 2.71 bits per heavy atom. The molecule has 11 nitrogen and oxygen atoms in total. The maximum absolute atomic E-state index is 13.8. The zero-order valence-electron chi connectivity index (χ0n) is 19.2. The van der Waals surface area contributed by atoms with Gasteiger partial charge in [0.05, 0.1) is 11.8 Å². The van der Waals surface area contributed by atoms with Gasteiger partial charge in [-0.25, -0.2) is 12.8 Å². The van der Waals surface area contributed by atoms with Crippen LogP contribution in [0.25, 0.3) is 0 Å². The summed E-state index contributed by atoms with van der Waals surface area (Å²) < 4.78 is 47.8. The fraction of sp³-hybridized carbons (Fsp3) is 0.409. The van der Waals surface area contributed by atoms with Crippen molar-refractivity contribution in [1.82, 2.24) is 14.8 Å². The minimum absolute atomic E-state index is 0.0356. The smallest absolute Gasteiger partial charge is 0.275 e. The lowest BCUT2D eigenvalue weighted by atomic mass is 10.0. The molecule has 13 heteroatoms. The molecule has 1 fully saturated rings. The van der Waals surface area contributed by atoms with Crippen molar-refractivity contribution in [3.05, 3.63) is 64.3 Å². The van der Waals surface area contributed by atoms with Crippen LogP contribution in [0, 0.1) is 11.2 Å². The number of nitrogens with one attached hydrogen (secondary N) is 3. The Bertz CT molecular complexity index is 1230. The van der Waals surface area contributed by atoms with Crippen molar-refractivity contribution >= 4 is 27.6 Å². The maximum atomic E-state index is 13.8. The van der Waals surface area contributed by atoms with Crippen LogP contribution >= 0.6 is 0 Å². The summed E-state index contributed by atoms with van der Waals surface area (Å²) in [5.74, 6) is -1.97. The molecular formula is C22H29FN6O5S. The molecule has 0 bridgehead atoms. The van der Waals surface area contributed by atoms with Gasteiger partial charge in [0.1, 0.15) is 18.0 Å². The number of anilines is 1. The molecule has 2 aromatic rings. The van der Waals surface area contributed by atoms with E-state index in [4.69, 9.17) is 15.9 Å². The minimum Gasteiger partial charge on any atom is -0.370 e. The van der Waals surface area contributed by atoms with Gasteiger partial charge in [0.25, 0.3) is 5.56 Å². The largest absolute Gasteiger partial charge is 0.370 e. The first-order chi connectivity index (χ1) is 16.6. The molecule has 2 heterocycles. The van der Waals surface area contributed by atoms with Crippen LogP contribution in [0.3, 0.4) is 0 Å². The number of rotatable bonds is 9. The number of guanidine groups is 1. The normalized spacial score (nSPS) is 18.2. The predicted molar refractivity (Wildman–Crippen MR) is 129 cm³/mol. The van der Waals surface area contributed by atoms with Gasteiger partial charge in [-0.1, -0.05) is 18.2 Å². The SMILES string of the molecule is CCOC1[C@@H](NC(=O)Cn2cccc(NS(=O)(=O)Cc3ccccc3F)c2=O)CCCN1C(=N)N. The van der Waals surface area contributed by atoms with Gasteiger partial charge in [-0.2, -0.15) is 0 Å². The van der Waals surface area contributed by atoms with Gasteiger partial charge in [0.2, 0.25) is 15.9 Å². The number of nitrogens with zero attached hydrogens (tertiary/aromatic N) is 2. The number of benzene rings is 1. The number of sulfonamides is 1. The molecule has 1 amide bonds. The highest BCUT2D eigenvalue weighted by Gasteiger charge is 2.34. The lowest BCUT2D eigenvalue weighted by Gasteiger charge is -2.41. The van der Waals surface area contributed by atoms with E-state index in [1.165, 1.54) is 36.5 Å². The Kier molecular flexibility index (Phi) is 8.46. The Hall–Kier alpha value is -3.45. The van der Waals surface area contributed by atoms with E-state index in [0.717, 1.165) is 10.6 Å². The third kappa shape index (κ3) is 6.79. The Morgan fingerprint density at radius 1 is 1.29 bits per heavy atom. The molecule has 190 valence electrons. The predicted octanol–water partition coefficient (Wildman–Crippen LogP) is 0.766. The maximum Gasteiger partial charge on any atom is 0.275 e. The molecule has 1 saturated heterocycles. The first kappa shape index (κ1) is 26.2. The van der Waals surface area contributed by atoms with E-state index in [1.807, 2.05) is 0 Å². The van der Waals surface area contributed by atoms with E-state index in [-0.39, 0.29) is 23.8 Å². The highest BCUT2D eigenvalue weighted by molar-refractivity contribution is 7.91. The average molecular weight is 509 g/mol. The second-order valence-corrected chi connectivity index (χ2v) is 9.77. The third-order valence-electron chi connectivity index (χ3n) is 5.46. The fourth-order valence-corrected chi connectivity index (χ4v) is 5.12. The zero-order valence-corrected chi connectivity index (χ0v) is 20.1. The molecule has 3 rings (SSSR count). The molecule has 0 aliphatic carbocycles. The Balaban J connectivity index is 1.70. The monoisotopic (exact) mass is 508 g/mol. The number of ether oxygens (including phenoxy) is 1. The van der Waals surface area contributed by atoms with E-state index < -0.39 is 45.3 Å². The number of halogens is 1. The molecule has 5 N–H and O–H groups in total. The summed E-state index contributed by atoms with van der Waals surface area (Å²) in [6.07, 6.45) is 2.04. The van der Waals surface area contributed by atoms with Crippen LogP contribution in [0.5, 0.6) is 0 Å². The summed E-state index contributed by atoms with van der Waals surface area (Å²) in [5.41, 5.74) is 4.62. The van der Waals surface area contributed by atoms with Gasteiger partial charge in [0, 0.05) is 24.9 Å².